The minimum Gasteiger partial charge on any atom is -0.342 e. The molecule has 0 atom stereocenters. The Labute approximate surface area is 152 Å². The quantitative estimate of drug-likeness (QED) is 0.467. The second kappa shape index (κ2) is 7.96. The summed E-state index contributed by atoms with van der Waals surface area (Å²) in [6.07, 6.45) is 4.61. The highest BCUT2D eigenvalue weighted by atomic mass is 32.2. The van der Waals surface area contributed by atoms with Gasteiger partial charge in [-0.05, 0) is 32.6 Å². The molecule has 134 valence electrons. The molecule has 1 aliphatic rings. The van der Waals surface area contributed by atoms with Crippen LogP contribution in [0.5, 0.6) is 0 Å². The van der Waals surface area contributed by atoms with Crippen molar-refractivity contribution in [1.82, 2.24) is 19.1 Å². The van der Waals surface area contributed by atoms with Gasteiger partial charge in [0.2, 0.25) is 5.95 Å². The normalized spacial score (nSPS) is 14.6. The first-order valence-electron chi connectivity index (χ1n) is 8.92. The lowest BCUT2D eigenvalue weighted by molar-refractivity contribution is 0.561. The highest BCUT2D eigenvalue weighted by Gasteiger charge is 2.22. The van der Waals surface area contributed by atoms with Gasteiger partial charge in [-0.2, -0.15) is 4.98 Å². The van der Waals surface area contributed by atoms with E-state index >= 15 is 0 Å². The van der Waals surface area contributed by atoms with E-state index in [0.717, 1.165) is 49.2 Å². The number of thioether (sulfide) groups is 1. The van der Waals surface area contributed by atoms with Gasteiger partial charge < -0.3 is 4.90 Å². The molecule has 0 bridgehead atoms. The molecule has 0 spiro atoms. The van der Waals surface area contributed by atoms with Crippen LogP contribution in [0.25, 0.3) is 11.2 Å². The van der Waals surface area contributed by atoms with Crippen LogP contribution in [0, 0.1) is 11.8 Å². The summed E-state index contributed by atoms with van der Waals surface area (Å²) in [6, 6.07) is 0. The van der Waals surface area contributed by atoms with Crippen LogP contribution < -0.4 is 10.5 Å². The van der Waals surface area contributed by atoms with E-state index in [4.69, 9.17) is 4.98 Å². The summed E-state index contributed by atoms with van der Waals surface area (Å²) in [5.41, 5.74) is 1.06. The first-order chi connectivity index (χ1) is 12.2. The number of imidazole rings is 1. The number of piperidine rings is 1. The van der Waals surface area contributed by atoms with Gasteiger partial charge in [-0.15, -0.1) is 5.92 Å². The third-order valence-electron chi connectivity index (χ3n) is 4.41. The van der Waals surface area contributed by atoms with Crippen molar-refractivity contribution >= 4 is 28.9 Å². The van der Waals surface area contributed by atoms with Crippen molar-refractivity contribution < 1.29 is 0 Å². The Kier molecular flexibility index (Phi) is 5.69. The fourth-order valence-electron chi connectivity index (χ4n) is 3.09. The van der Waals surface area contributed by atoms with Crippen molar-refractivity contribution in [2.75, 3.05) is 23.7 Å². The van der Waals surface area contributed by atoms with Gasteiger partial charge in [0.15, 0.2) is 16.3 Å². The first-order valence-corrected chi connectivity index (χ1v) is 9.90. The molecule has 25 heavy (non-hydrogen) atoms. The maximum Gasteiger partial charge on any atom is 0.280 e. The molecule has 3 rings (SSSR count). The molecule has 0 saturated carbocycles. The summed E-state index contributed by atoms with van der Waals surface area (Å²) < 4.78 is 3.58. The van der Waals surface area contributed by atoms with E-state index in [2.05, 4.69) is 28.6 Å². The van der Waals surface area contributed by atoms with Crippen LogP contribution in [-0.4, -0.2) is 37.9 Å². The average Bonchev–Trinajstić information content (AvgIpc) is 3.01. The number of anilines is 1. The molecule has 3 heterocycles. The molecule has 7 heteroatoms. The van der Waals surface area contributed by atoms with E-state index in [1.807, 2.05) is 11.5 Å². The highest BCUT2D eigenvalue weighted by Crippen LogP contribution is 2.24. The van der Waals surface area contributed by atoms with Crippen molar-refractivity contribution in [1.29, 1.82) is 0 Å². The van der Waals surface area contributed by atoms with Crippen LogP contribution in [0.4, 0.5) is 5.95 Å². The van der Waals surface area contributed by atoms with E-state index < -0.39 is 0 Å². The van der Waals surface area contributed by atoms with Gasteiger partial charge in [0.25, 0.3) is 5.56 Å². The molecule has 0 N–H and O–H groups in total. The van der Waals surface area contributed by atoms with Crippen molar-refractivity contribution in [3.05, 3.63) is 10.4 Å². The maximum absolute atomic E-state index is 13.0. The third-order valence-corrected chi connectivity index (χ3v) is 5.65. The predicted molar refractivity (Wildman–Crippen MR) is 103 cm³/mol. The van der Waals surface area contributed by atoms with Crippen molar-refractivity contribution in [3.63, 3.8) is 0 Å². The Balaban J connectivity index is 2.15. The van der Waals surface area contributed by atoms with E-state index in [9.17, 15) is 4.79 Å². The topological polar surface area (TPSA) is 56.0 Å². The molecule has 2 aromatic heterocycles. The maximum atomic E-state index is 13.0. The molecule has 0 radical (unpaired) electrons. The number of hydrogen-bond acceptors (Lipinski definition) is 5. The smallest absolute Gasteiger partial charge is 0.280 e. The van der Waals surface area contributed by atoms with Gasteiger partial charge >= 0.3 is 0 Å². The molecule has 6 nitrogen and oxygen atoms in total. The molecule has 0 unspecified atom stereocenters. The van der Waals surface area contributed by atoms with Crippen LogP contribution in [-0.2, 0) is 13.6 Å². The SMILES string of the molecule is CC#CCn1c(N2CCCCC2)nc2nc(SCCC)n(C)c(=O)c21. The third kappa shape index (κ3) is 3.54. The van der Waals surface area contributed by atoms with Crippen LogP contribution in [0.15, 0.2) is 9.95 Å². The zero-order chi connectivity index (χ0) is 17.8. The van der Waals surface area contributed by atoms with Crippen molar-refractivity contribution in [3.8, 4) is 11.8 Å². The van der Waals surface area contributed by atoms with Gasteiger partial charge in [-0.3, -0.25) is 13.9 Å². The second-order valence-electron chi connectivity index (χ2n) is 6.25. The van der Waals surface area contributed by atoms with Gasteiger partial charge in [0.05, 0.1) is 6.54 Å². The van der Waals surface area contributed by atoms with Crippen LogP contribution in [0.2, 0.25) is 0 Å². The lowest BCUT2D eigenvalue weighted by Gasteiger charge is -2.27. The largest absolute Gasteiger partial charge is 0.342 e. The van der Waals surface area contributed by atoms with Gasteiger partial charge in [-0.1, -0.05) is 24.6 Å². The molecule has 0 aliphatic carbocycles. The van der Waals surface area contributed by atoms with E-state index in [0.29, 0.717) is 17.7 Å². The fraction of sp³-hybridized carbons (Fsp3) is 0.611. The number of fused-ring (bicyclic) bond motifs is 1. The lowest BCUT2D eigenvalue weighted by Crippen LogP contribution is -2.32. The molecule has 1 saturated heterocycles. The fourth-order valence-corrected chi connectivity index (χ4v) is 3.91. The lowest BCUT2D eigenvalue weighted by atomic mass is 10.1. The Morgan fingerprint density at radius 1 is 1.20 bits per heavy atom. The number of hydrogen-bond donors (Lipinski definition) is 0. The first kappa shape index (κ1) is 17.9. The zero-order valence-electron chi connectivity index (χ0n) is 15.2. The van der Waals surface area contributed by atoms with Gasteiger partial charge in [-0.25, -0.2) is 4.98 Å². The monoisotopic (exact) mass is 359 g/mol. The summed E-state index contributed by atoms with van der Waals surface area (Å²) in [5.74, 6) is 7.78. The summed E-state index contributed by atoms with van der Waals surface area (Å²) in [7, 11) is 1.79. The molecule has 0 aromatic carbocycles. The summed E-state index contributed by atoms with van der Waals surface area (Å²) in [6.45, 7) is 6.35. The minimum atomic E-state index is -0.0442. The average molecular weight is 359 g/mol. The summed E-state index contributed by atoms with van der Waals surface area (Å²) >= 11 is 1.61. The van der Waals surface area contributed by atoms with Crippen LogP contribution >= 0.6 is 11.8 Å². The molecule has 2 aromatic rings. The molecular formula is C18H25N5OS. The number of aromatic nitrogens is 4. The Morgan fingerprint density at radius 3 is 2.64 bits per heavy atom. The van der Waals surface area contributed by atoms with Gasteiger partial charge in [0.1, 0.15) is 0 Å². The Hall–Kier alpha value is -1.94. The van der Waals surface area contributed by atoms with Crippen molar-refractivity contribution in [2.45, 2.75) is 51.2 Å². The van der Waals surface area contributed by atoms with E-state index in [1.54, 1.807) is 23.4 Å². The number of rotatable bonds is 5. The molecule has 1 fully saturated rings. The Morgan fingerprint density at radius 2 is 1.96 bits per heavy atom. The van der Waals surface area contributed by atoms with E-state index in [1.165, 1.54) is 6.42 Å². The molecule has 1 aliphatic heterocycles. The highest BCUT2D eigenvalue weighted by molar-refractivity contribution is 7.99. The molecule has 0 amide bonds. The number of nitrogens with zero attached hydrogens (tertiary/aromatic N) is 5. The zero-order valence-corrected chi connectivity index (χ0v) is 16.0. The molecular weight excluding hydrogens is 334 g/mol. The van der Waals surface area contributed by atoms with Crippen LogP contribution in [0.1, 0.15) is 39.5 Å². The van der Waals surface area contributed by atoms with Gasteiger partial charge in [0, 0.05) is 25.9 Å². The Bertz CT molecular complexity index is 867. The second-order valence-corrected chi connectivity index (χ2v) is 7.31. The van der Waals surface area contributed by atoms with Crippen LogP contribution in [0.3, 0.4) is 0 Å². The predicted octanol–water partition coefficient (Wildman–Crippen LogP) is 2.65. The standard InChI is InChI=1S/C18H25N5OS/c1-4-6-12-23-14-15(19-17(23)22-10-8-7-9-11-22)20-18(25-13-5-2)21(3)16(14)24/h5,7-13H2,1-3H3. The summed E-state index contributed by atoms with van der Waals surface area (Å²) in [4.78, 5) is 24.7. The van der Waals surface area contributed by atoms with E-state index in [-0.39, 0.29) is 5.56 Å². The summed E-state index contributed by atoms with van der Waals surface area (Å²) in [5, 5.41) is 0.732. The van der Waals surface area contributed by atoms with Crippen molar-refractivity contribution in [2.24, 2.45) is 7.05 Å². The minimum absolute atomic E-state index is 0.0442.